The Morgan fingerprint density at radius 2 is 2.00 bits per heavy atom. The summed E-state index contributed by atoms with van der Waals surface area (Å²) in [6, 6.07) is 0.515. The molecule has 0 spiro atoms. The van der Waals surface area contributed by atoms with Crippen molar-refractivity contribution >= 4 is 0 Å². The maximum absolute atomic E-state index is 5.70. The summed E-state index contributed by atoms with van der Waals surface area (Å²) in [6.07, 6.45) is 5.13. The Kier molecular flexibility index (Phi) is 9.35. The van der Waals surface area contributed by atoms with Crippen LogP contribution in [0.4, 0.5) is 0 Å². The van der Waals surface area contributed by atoms with Crippen molar-refractivity contribution in [1.29, 1.82) is 0 Å². The summed E-state index contributed by atoms with van der Waals surface area (Å²) in [6.45, 7) is 5.12. The van der Waals surface area contributed by atoms with Crippen LogP contribution in [0.3, 0.4) is 0 Å². The highest BCUT2D eigenvalue weighted by molar-refractivity contribution is 4.67. The fourth-order valence-corrected chi connectivity index (χ4v) is 1.44. The number of rotatable bonds is 9. The highest BCUT2D eigenvalue weighted by atomic mass is 15.1. The number of nitrogens with two attached hydrogens (primary N) is 1. The Hall–Kier alpha value is -0.120. The molecule has 0 saturated carbocycles. The Balaban J connectivity index is 3.38. The van der Waals surface area contributed by atoms with Gasteiger partial charge in [-0.05, 0) is 20.5 Å². The first-order chi connectivity index (χ1) is 6.70. The van der Waals surface area contributed by atoms with Gasteiger partial charge < -0.3 is 16.0 Å². The summed E-state index contributed by atoms with van der Waals surface area (Å²) < 4.78 is 0. The number of hydrogen-bond acceptors (Lipinski definition) is 3. The molecule has 0 aliphatic heterocycles. The monoisotopic (exact) mass is 201 g/mol. The van der Waals surface area contributed by atoms with Crippen molar-refractivity contribution in [2.45, 2.75) is 38.6 Å². The van der Waals surface area contributed by atoms with Gasteiger partial charge in [-0.3, -0.25) is 0 Å². The van der Waals surface area contributed by atoms with Gasteiger partial charge in [0.1, 0.15) is 0 Å². The van der Waals surface area contributed by atoms with Crippen LogP contribution in [0.5, 0.6) is 0 Å². The van der Waals surface area contributed by atoms with Crippen LogP contribution in [0.15, 0.2) is 0 Å². The van der Waals surface area contributed by atoms with E-state index in [1.165, 1.54) is 25.7 Å². The van der Waals surface area contributed by atoms with Crippen LogP contribution in [0.25, 0.3) is 0 Å². The Bertz CT molecular complexity index is 115. The molecule has 0 fully saturated rings. The largest absolute Gasteiger partial charge is 0.329 e. The van der Waals surface area contributed by atoms with E-state index in [1.807, 2.05) is 0 Å². The molecule has 0 aliphatic rings. The molecule has 0 aromatic rings. The van der Waals surface area contributed by atoms with Crippen molar-refractivity contribution in [2.24, 2.45) is 5.73 Å². The maximum atomic E-state index is 5.70. The molecule has 0 heterocycles. The molecule has 3 N–H and O–H groups in total. The lowest BCUT2D eigenvalue weighted by Gasteiger charge is -2.18. The summed E-state index contributed by atoms with van der Waals surface area (Å²) in [5, 5.41) is 3.49. The number of nitrogens with zero attached hydrogens (tertiary/aromatic N) is 1. The lowest BCUT2D eigenvalue weighted by molar-refractivity contribution is 0.375. The highest BCUT2D eigenvalue weighted by Gasteiger charge is 2.04. The third-order valence-electron chi connectivity index (χ3n) is 2.43. The van der Waals surface area contributed by atoms with Crippen LogP contribution in [0, 0.1) is 0 Å². The van der Waals surface area contributed by atoms with E-state index in [-0.39, 0.29) is 0 Å². The lowest BCUT2D eigenvalue weighted by Crippen LogP contribution is -2.39. The molecule has 3 heteroatoms. The van der Waals surface area contributed by atoms with E-state index in [2.05, 4.69) is 31.2 Å². The van der Waals surface area contributed by atoms with Gasteiger partial charge in [-0.1, -0.05) is 26.2 Å². The van der Waals surface area contributed by atoms with Crippen LogP contribution in [0.2, 0.25) is 0 Å². The zero-order chi connectivity index (χ0) is 10.8. The van der Waals surface area contributed by atoms with Gasteiger partial charge in [0.25, 0.3) is 0 Å². The van der Waals surface area contributed by atoms with Crippen LogP contribution in [-0.4, -0.2) is 44.7 Å². The average molecular weight is 201 g/mol. The quantitative estimate of drug-likeness (QED) is 0.548. The fraction of sp³-hybridized carbons (Fsp3) is 1.00. The van der Waals surface area contributed by atoms with Crippen LogP contribution in [0.1, 0.15) is 32.6 Å². The summed E-state index contributed by atoms with van der Waals surface area (Å²) in [5.41, 5.74) is 5.70. The van der Waals surface area contributed by atoms with Crippen molar-refractivity contribution < 1.29 is 0 Å². The first-order valence-electron chi connectivity index (χ1n) is 5.78. The lowest BCUT2D eigenvalue weighted by atomic mass is 10.1. The van der Waals surface area contributed by atoms with Gasteiger partial charge in [0.2, 0.25) is 0 Å². The average Bonchev–Trinajstić information content (AvgIpc) is 2.15. The molecule has 0 aromatic carbocycles. The van der Waals surface area contributed by atoms with Crippen molar-refractivity contribution in [1.82, 2.24) is 10.2 Å². The molecule has 0 amide bonds. The second kappa shape index (κ2) is 9.44. The minimum atomic E-state index is 0.515. The molecule has 0 aliphatic carbocycles. The smallest absolute Gasteiger partial charge is 0.0190 e. The highest BCUT2D eigenvalue weighted by Crippen LogP contribution is 2.02. The number of nitrogens with one attached hydrogen (secondary N) is 1. The second-order valence-electron chi connectivity index (χ2n) is 4.19. The van der Waals surface area contributed by atoms with Crippen LogP contribution in [-0.2, 0) is 0 Å². The summed E-state index contributed by atoms with van der Waals surface area (Å²) in [4.78, 5) is 2.19. The van der Waals surface area contributed by atoms with Gasteiger partial charge in [0, 0.05) is 25.7 Å². The summed E-state index contributed by atoms with van der Waals surface area (Å²) in [5.74, 6) is 0. The predicted octanol–water partition coefficient (Wildman–Crippen LogP) is 1.05. The fourth-order valence-electron chi connectivity index (χ4n) is 1.44. The number of likely N-dealkylation sites (N-methyl/N-ethyl adjacent to an activating group) is 1. The normalized spacial score (nSPS) is 13.5. The molecule has 1 unspecified atom stereocenters. The molecule has 14 heavy (non-hydrogen) atoms. The van der Waals surface area contributed by atoms with E-state index in [1.54, 1.807) is 0 Å². The zero-order valence-corrected chi connectivity index (χ0v) is 10.1. The SMILES string of the molecule is CCCCCC(CN)NCCN(C)C. The number of hydrogen-bond donors (Lipinski definition) is 2. The Morgan fingerprint density at radius 1 is 1.29 bits per heavy atom. The van der Waals surface area contributed by atoms with Gasteiger partial charge in [0.05, 0.1) is 0 Å². The minimum absolute atomic E-state index is 0.515. The molecule has 0 aromatic heterocycles. The Morgan fingerprint density at radius 3 is 2.50 bits per heavy atom. The molecule has 0 bridgehead atoms. The van der Waals surface area contributed by atoms with Crippen LogP contribution < -0.4 is 11.1 Å². The molecule has 0 rings (SSSR count). The third kappa shape index (κ3) is 8.48. The third-order valence-corrected chi connectivity index (χ3v) is 2.43. The minimum Gasteiger partial charge on any atom is -0.329 e. The van der Waals surface area contributed by atoms with Gasteiger partial charge >= 0.3 is 0 Å². The molecule has 3 nitrogen and oxygen atoms in total. The van der Waals surface area contributed by atoms with E-state index >= 15 is 0 Å². The zero-order valence-electron chi connectivity index (χ0n) is 10.1. The van der Waals surface area contributed by atoms with E-state index in [4.69, 9.17) is 5.73 Å². The molecule has 0 saturated heterocycles. The molecular formula is C11H27N3. The van der Waals surface area contributed by atoms with Gasteiger partial charge in [-0.25, -0.2) is 0 Å². The van der Waals surface area contributed by atoms with Gasteiger partial charge in [-0.15, -0.1) is 0 Å². The van der Waals surface area contributed by atoms with Crippen molar-refractivity contribution in [3.63, 3.8) is 0 Å². The molecule has 0 radical (unpaired) electrons. The molecular weight excluding hydrogens is 174 g/mol. The van der Waals surface area contributed by atoms with E-state index in [0.717, 1.165) is 19.6 Å². The standard InChI is InChI=1S/C11H27N3/c1-4-5-6-7-11(10-12)13-8-9-14(2)3/h11,13H,4-10,12H2,1-3H3. The van der Waals surface area contributed by atoms with E-state index in [9.17, 15) is 0 Å². The van der Waals surface area contributed by atoms with Crippen molar-refractivity contribution in [3.05, 3.63) is 0 Å². The predicted molar refractivity (Wildman–Crippen MR) is 63.5 cm³/mol. The topological polar surface area (TPSA) is 41.3 Å². The van der Waals surface area contributed by atoms with Crippen molar-refractivity contribution in [3.8, 4) is 0 Å². The number of unbranched alkanes of at least 4 members (excludes halogenated alkanes) is 2. The molecule has 1 atom stereocenters. The second-order valence-corrected chi connectivity index (χ2v) is 4.19. The van der Waals surface area contributed by atoms with E-state index < -0.39 is 0 Å². The summed E-state index contributed by atoms with van der Waals surface area (Å²) >= 11 is 0. The summed E-state index contributed by atoms with van der Waals surface area (Å²) in [7, 11) is 4.19. The first-order valence-corrected chi connectivity index (χ1v) is 5.78. The van der Waals surface area contributed by atoms with Gasteiger partial charge in [-0.2, -0.15) is 0 Å². The van der Waals surface area contributed by atoms with Crippen LogP contribution >= 0.6 is 0 Å². The Labute approximate surface area is 89.0 Å². The molecule has 86 valence electrons. The van der Waals surface area contributed by atoms with Crippen molar-refractivity contribution in [2.75, 3.05) is 33.7 Å². The van der Waals surface area contributed by atoms with Gasteiger partial charge in [0.15, 0.2) is 0 Å². The maximum Gasteiger partial charge on any atom is 0.0190 e. The first kappa shape index (κ1) is 13.9. The van der Waals surface area contributed by atoms with E-state index in [0.29, 0.717) is 6.04 Å².